The van der Waals surface area contributed by atoms with Gasteiger partial charge in [0.25, 0.3) is 0 Å². The zero-order valence-corrected chi connectivity index (χ0v) is 9.48. The van der Waals surface area contributed by atoms with Crippen LogP contribution in [0.5, 0.6) is 0 Å². The lowest BCUT2D eigenvalue weighted by molar-refractivity contribution is -0.150. The summed E-state index contributed by atoms with van der Waals surface area (Å²) in [6, 6.07) is 9.50. The standard InChI is InChI=1S/C13H17NO2/c1-3-9-13(2,14)12(15)16-10-11-7-5-4-6-8-11/h3-8H,1,9-10,14H2,2H3. The van der Waals surface area contributed by atoms with Gasteiger partial charge in [0.05, 0.1) is 0 Å². The molecule has 0 fully saturated rings. The van der Waals surface area contributed by atoms with Crippen LogP contribution in [0, 0.1) is 0 Å². The van der Waals surface area contributed by atoms with Crippen LogP contribution in [0.25, 0.3) is 0 Å². The van der Waals surface area contributed by atoms with Crippen LogP contribution in [0.3, 0.4) is 0 Å². The van der Waals surface area contributed by atoms with Gasteiger partial charge >= 0.3 is 5.97 Å². The summed E-state index contributed by atoms with van der Waals surface area (Å²) in [7, 11) is 0. The van der Waals surface area contributed by atoms with Crippen molar-refractivity contribution in [2.24, 2.45) is 5.73 Å². The van der Waals surface area contributed by atoms with Crippen LogP contribution in [-0.4, -0.2) is 11.5 Å². The maximum Gasteiger partial charge on any atom is 0.326 e. The number of hydrogen-bond acceptors (Lipinski definition) is 3. The molecule has 1 aromatic carbocycles. The average molecular weight is 219 g/mol. The Kier molecular flexibility index (Phi) is 4.26. The lowest BCUT2D eigenvalue weighted by atomic mass is 10.00. The Hall–Kier alpha value is -1.61. The predicted octanol–water partition coefficient (Wildman–Crippen LogP) is 2.02. The fourth-order valence-electron chi connectivity index (χ4n) is 1.27. The van der Waals surface area contributed by atoms with Crippen LogP contribution in [0.15, 0.2) is 43.0 Å². The van der Waals surface area contributed by atoms with Crippen molar-refractivity contribution in [2.45, 2.75) is 25.5 Å². The third kappa shape index (κ3) is 3.51. The molecule has 1 aromatic rings. The van der Waals surface area contributed by atoms with E-state index in [1.54, 1.807) is 13.0 Å². The van der Waals surface area contributed by atoms with Crippen LogP contribution < -0.4 is 5.73 Å². The van der Waals surface area contributed by atoms with Crippen molar-refractivity contribution in [3.8, 4) is 0 Å². The molecule has 3 nitrogen and oxygen atoms in total. The molecule has 3 heteroatoms. The van der Waals surface area contributed by atoms with E-state index in [1.807, 2.05) is 30.3 Å². The van der Waals surface area contributed by atoms with Crippen molar-refractivity contribution in [1.82, 2.24) is 0 Å². The SMILES string of the molecule is C=CCC(C)(N)C(=O)OCc1ccccc1. The Morgan fingerprint density at radius 3 is 2.69 bits per heavy atom. The third-order valence-corrected chi connectivity index (χ3v) is 2.25. The molecule has 0 aliphatic rings. The van der Waals surface area contributed by atoms with Crippen molar-refractivity contribution in [2.75, 3.05) is 0 Å². The maximum atomic E-state index is 11.6. The minimum Gasteiger partial charge on any atom is -0.459 e. The summed E-state index contributed by atoms with van der Waals surface area (Å²) in [4.78, 5) is 11.6. The summed E-state index contributed by atoms with van der Waals surface area (Å²) in [6.07, 6.45) is 2.02. The number of ether oxygens (including phenoxy) is 1. The van der Waals surface area contributed by atoms with Gasteiger partial charge in [0.15, 0.2) is 0 Å². The van der Waals surface area contributed by atoms with Gasteiger partial charge in [-0.05, 0) is 18.9 Å². The summed E-state index contributed by atoms with van der Waals surface area (Å²) in [6.45, 7) is 5.45. The molecule has 1 rings (SSSR count). The maximum absolute atomic E-state index is 11.6. The average Bonchev–Trinajstić information content (AvgIpc) is 2.27. The molecule has 1 unspecified atom stereocenters. The Morgan fingerprint density at radius 2 is 2.12 bits per heavy atom. The van der Waals surface area contributed by atoms with E-state index in [9.17, 15) is 4.79 Å². The molecule has 0 aliphatic heterocycles. The molecule has 0 radical (unpaired) electrons. The number of carbonyl (C=O) groups excluding carboxylic acids is 1. The van der Waals surface area contributed by atoms with Crippen molar-refractivity contribution >= 4 is 5.97 Å². The molecule has 86 valence electrons. The van der Waals surface area contributed by atoms with E-state index in [-0.39, 0.29) is 6.61 Å². The fourth-order valence-corrected chi connectivity index (χ4v) is 1.27. The molecule has 0 spiro atoms. The molecule has 0 saturated heterocycles. The van der Waals surface area contributed by atoms with E-state index in [0.29, 0.717) is 6.42 Å². The first kappa shape index (κ1) is 12.5. The van der Waals surface area contributed by atoms with Gasteiger partial charge in [-0.1, -0.05) is 36.4 Å². The minimum atomic E-state index is -0.990. The van der Waals surface area contributed by atoms with Gasteiger partial charge in [-0.3, -0.25) is 4.79 Å². The van der Waals surface area contributed by atoms with Crippen LogP contribution in [-0.2, 0) is 16.1 Å². The summed E-state index contributed by atoms with van der Waals surface area (Å²) >= 11 is 0. The number of benzene rings is 1. The van der Waals surface area contributed by atoms with Crippen molar-refractivity contribution in [1.29, 1.82) is 0 Å². The first-order chi connectivity index (χ1) is 7.56. The van der Waals surface area contributed by atoms with Gasteiger partial charge in [-0.15, -0.1) is 6.58 Å². The molecule has 0 aromatic heterocycles. The number of hydrogen-bond donors (Lipinski definition) is 1. The smallest absolute Gasteiger partial charge is 0.326 e. The number of rotatable bonds is 5. The van der Waals surface area contributed by atoms with Crippen LogP contribution in [0.4, 0.5) is 0 Å². The lowest BCUT2D eigenvalue weighted by Crippen LogP contribution is -2.45. The Bertz CT molecular complexity index is 357. The summed E-state index contributed by atoms with van der Waals surface area (Å²) in [5, 5.41) is 0. The largest absolute Gasteiger partial charge is 0.459 e. The van der Waals surface area contributed by atoms with Gasteiger partial charge in [-0.2, -0.15) is 0 Å². The summed E-state index contributed by atoms with van der Waals surface area (Å²) < 4.78 is 5.13. The third-order valence-electron chi connectivity index (χ3n) is 2.25. The fraction of sp³-hybridized carbons (Fsp3) is 0.308. The van der Waals surface area contributed by atoms with Gasteiger partial charge in [0.2, 0.25) is 0 Å². The van der Waals surface area contributed by atoms with E-state index >= 15 is 0 Å². The molecule has 0 amide bonds. The quantitative estimate of drug-likeness (QED) is 0.609. The van der Waals surface area contributed by atoms with E-state index in [2.05, 4.69) is 6.58 Å². The monoisotopic (exact) mass is 219 g/mol. The van der Waals surface area contributed by atoms with Crippen molar-refractivity contribution in [3.63, 3.8) is 0 Å². The van der Waals surface area contributed by atoms with E-state index in [0.717, 1.165) is 5.56 Å². The lowest BCUT2D eigenvalue weighted by Gasteiger charge is -2.20. The van der Waals surface area contributed by atoms with Crippen molar-refractivity contribution < 1.29 is 9.53 Å². The highest BCUT2D eigenvalue weighted by molar-refractivity contribution is 5.80. The zero-order valence-electron chi connectivity index (χ0n) is 9.48. The van der Waals surface area contributed by atoms with E-state index < -0.39 is 11.5 Å². The Labute approximate surface area is 95.9 Å². The molecule has 16 heavy (non-hydrogen) atoms. The normalized spacial score (nSPS) is 13.9. The number of nitrogens with two attached hydrogens (primary N) is 1. The number of carbonyl (C=O) groups is 1. The highest BCUT2D eigenvalue weighted by Crippen LogP contribution is 2.10. The summed E-state index contributed by atoms with van der Waals surface area (Å²) in [5.74, 6) is -0.406. The van der Waals surface area contributed by atoms with Gasteiger partial charge in [-0.25, -0.2) is 0 Å². The van der Waals surface area contributed by atoms with Crippen molar-refractivity contribution in [3.05, 3.63) is 48.6 Å². The molecule has 0 heterocycles. The summed E-state index contributed by atoms with van der Waals surface area (Å²) in [5.41, 5.74) is 5.75. The van der Waals surface area contributed by atoms with E-state index in [4.69, 9.17) is 10.5 Å². The Balaban J connectivity index is 2.50. The molecule has 0 bridgehead atoms. The zero-order chi connectivity index (χ0) is 12.0. The van der Waals surface area contributed by atoms with Gasteiger partial charge in [0, 0.05) is 0 Å². The highest BCUT2D eigenvalue weighted by Gasteiger charge is 2.28. The second-order valence-electron chi connectivity index (χ2n) is 3.97. The first-order valence-electron chi connectivity index (χ1n) is 5.17. The first-order valence-corrected chi connectivity index (χ1v) is 5.17. The van der Waals surface area contributed by atoms with Crippen LogP contribution in [0.2, 0.25) is 0 Å². The molecule has 1 atom stereocenters. The second-order valence-corrected chi connectivity index (χ2v) is 3.97. The van der Waals surface area contributed by atoms with Gasteiger partial charge in [0.1, 0.15) is 12.1 Å². The van der Waals surface area contributed by atoms with Gasteiger partial charge < -0.3 is 10.5 Å². The topological polar surface area (TPSA) is 52.3 Å². The minimum absolute atomic E-state index is 0.254. The predicted molar refractivity (Wildman–Crippen MR) is 63.6 cm³/mol. The molecule has 2 N–H and O–H groups in total. The molecule has 0 aliphatic carbocycles. The van der Waals surface area contributed by atoms with Crippen LogP contribution in [0.1, 0.15) is 18.9 Å². The molecular formula is C13H17NO2. The highest BCUT2D eigenvalue weighted by atomic mass is 16.5. The van der Waals surface area contributed by atoms with Crippen LogP contribution >= 0.6 is 0 Å². The Morgan fingerprint density at radius 1 is 1.50 bits per heavy atom. The molecular weight excluding hydrogens is 202 g/mol. The second kappa shape index (κ2) is 5.47. The number of esters is 1. The van der Waals surface area contributed by atoms with E-state index in [1.165, 1.54) is 0 Å². The molecule has 0 saturated carbocycles.